The molecule has 1 saturated carbocycles. The number of amides is 1. The fourth-order valence-corrected chi connectivity index (χ4v) is 5.09. The highest BCUT2D eigenvalue weighted by atomic mass is 35.5. The average Bonchev–Trinajstić information content (AvgIpc) is 3.64. The molecule has 190 valence electrons. The van der Waals surface area contributed by atoms with Gasteiger partial charge in [0.1, 0.15) is 0 Å². The van der Waals surface area contributed by atoms with Gasteiger partial charge in [0.2, 0.25) is 0 Å². The third kappa shape index (κ3) is 4.43. The molecule has 3 aromatic rings. The van der Waals surface area contributed by atoms with Crippen molar-refractivity contribution in [2.24, 2.45) is 5.41 Å². The summed E-state index contributed by atoms with van der Waals surface area (Å²) in [5.41, 5.74) is 0.766. The van der Waals surface area contributed by atoms with E-state index in [1.807, 2.05) is 36.4 Å². The van der Waals surface area contributed by atoms with E-state index in [1.165, 1.54) is 0 Å². The molecule has 0 aromatic heterocycles. The van der Waals surface area contributed by atoms with Crippen molar-refractivity contribution in [3.05, 3.63) is 105 Å². The van der Waals surface area contributed by atoms with Crippen LogP contribution in [0.3, 0.4) is 0 Å². The highest BCUT2D eigenvalue weighted by Gasteiger charge is 2.55. The van der Waals surface area contributed by atoms with Crippen LogP contribution in [0, 0.1) is 16.7 Å². The van der Waals surface area contributed by atoms with E-state index < -0.39 is 11.3 Å². The fourth-order valence-electron chi connectivity index (χ4n) is 4.96. The Kier molecular flexibility index (Phi) is 6.37. The molecule has 0 bridgehead atoms. The van der Waals surface area contributed by atoms with Crippen molar-refractivity contribution < 1.29 is 19.7 Å². The Morgan fingerprint density at radius 3 is 2.43 bits per heavy atom. The molecular formula is C30H29ClN2O4. The topological polar surface area (TPSA) is 93.8 Å². The third-order valence-electron chi connectivity index (χ3n) is 7.53. The smallest absolute Gasteiger partial charge is 0.257 e. The van der Waals surface area contributed by atoms with Crippen LogP contribution < -0.4 is 0 Å². The molecule has 1 aliphatic heterocycles. The van der Waals surface area contributed by atoms with Crippen molar-refractivity contribution in [3.8, 4) is 6.07 Å². The number of rotatable bonds is 8. The molecule has 1 heterocycles. The lowest BCUT2D eigenvalue weighted by Gasteiger charge is -2.40. The van der Waals surface area contributed by atoms with Gasteiger partial charge in [-0.1, -0.05) is 54.1 Å². The van der Waals surface area contributed by atoms with Crippen LogP contribution in [-0.2, 0) is 22.6 Å². The number of benzene rings is 3. The molecule has 0 saturated heterocycles. The van der Waals surface area contributed by atoms with Crippen molar-refractivity contribution in [3.63, 3.8) is 0 Å². The van der Waals surface area contributed by atoms with Crippen LogP contribution in [-0.4, -0.2) is 34.2 Å². The Morgan fingerprint density at radius 1 is 1.11 bits per heavy atom. The second kappa shape index (κ2) is 9.27. The van der Waals surface area contributed by atoms with Crippen molar-refractivity contribution in [2.45, 2.75) is 44.6 Å². The summed E-state index contributed by atoms with van der Waals surface area (Å²) in [7, 11) is 0. The molecule has 1 aliphatic carbocycles. The Morgan fingerprint density at radius 2 is 1.81 bits per heavy atom. The molecule has 7 heteroatoms. The second-order valence-corrected chi connectivity index (χ2v) is 11.0. The first-order chi connectivity index (χ1) is 17.6. The van der Waals surface area contributed by atoms with Gasteiger partial charge in [-0.15, -0.1) is 0 Å². The molecule has 0 unspecified atom stereocenters. The molecule has 2 aliphatic rings. The number of hydrogen-bond donors (Lipinski definition) is 2. The van der Waals surface area contributed by atoms with E-state index in [0.717, 1.165) is 12.8 Å². The molecule has 0 spiro atoms. The Balaban J connectivity index is 1.73. The summed E-state index contributed by atoms with van der Waals surface area (Å²) >= 11 is 6.23. The molecule has 1 fully saturated rings. The number of hydrogen-bond acceptors (Lipinski definition) is 5. The van der Waals surface area contributed by atoms with Crippen molar-refractivity contribution >= 4 is 17.5 Å². The number of fused-ring (bicyclic) bond motifs is 1. The van der Waals surface area contributed by atoms with Gasteiger partial charge in [0.05, 0.1) is 37.0 Å². The number of nitrogens with zero attached hydrogens (tertiary/aromatic N) is 2. The van der Waals surface area contributed by atoms with Gasteiger partial charge in [-0.2, -0.15) is 5.26 Å². The van der Waals surface area contributed by atoms with Gasteiger partial charge < -0.3 is 14.9 Å². The highest BCUT2D eigenvalue weighted by molar-refractivity contribution is 6.30. The Labute approximate surface area is 221 Å². The van der Waals surface area contributed by atoms with Crippen molar-refractivity contribution in [1.29, 1.82) is 5.26 Å². The molecule has 1 amide bonds. The number of nitriles is 1. The number of carbonyl (C=O) groups excluding carboxylic acids is 1. The number of aliphatic hydroxyl groups excluding tert-OH is 1. The van der Waals surface area contributed by atoms with Gasteiger partial charge in [0.25, 0.3) is 5.91 Å². The molecule has 3 aromatic carbocycles. The molecule has 5 rings (SSSR count). The average molecular weight is 517 g/mol. The summed E-state index contributed by atoms with van der Waals surface area (Å²) in [6, 6.07) is 22.0. The molecular weight excluding hydrogens is 488 g/mol. The van der Waals surface area contributed by atoms with E-state index in [2.05, 4.69) is 6.07 Å². The quantitative estimate of drug-likeness (QED) is 0.435. The normalized spacial score (nSPS) is 20.0. The number of halogens is 1. The zero-order chi connectivity index (χ0) is 26.4. The van der Waals surface area contributed by atoms with Crippen LogP contribution in [0.5, 0.6) is 0 Å². The minimum Gasteiger partial charge on any atom is -0.396 e. The van der Waals surface area contributed by atoms with E-state index in [-0.39, 0.29) is 31.1 Å². The number of aliphatic hydroxyl groups is 2. The minimum atomic E-state index is -1.32. The standard InChI is InChI=1S/C30H29ClN2O4/c1-28(2,36)23-9-12-26-25(15-23)27(35)33(17-21-6-4-3-5-20(21)16-32)30(26,22-7-10-24(31)11-8-22)37-19-29(18-34)13-14-29/h3-12,15,34,36H,13-14,17-19H2,1-2H3/t30-/m1/s1. The van der Waals surface area contributed by atoms with Crippen LogP contribution in [0.4, 0.5) is 0 Å². The minimum absolute atomic E-state index is 0.000588. The third-order valence-corrected chi connectivity index (χ3v) is 7.78. The molecule has 1 atom stereocenters. The lowest BCUT2D eigenvalue weighted by molar-refractivity contribution is -0.129. The summed E-state index contributed by atoms with van der Waals surface area (Å²) in [6.07, 6.45) is 1.69. The van der Waals surface area contributed by atoms with Crippen LogP contribution in [0.15, 0.2) is 66.7 Å². The van der Waals surface area contributed by atoms with Gasteiger partial charge in [-0.05, 0) is 62.1 Å². The fraction of sp³-hybridized carbons (Fsp3) is 0.333. The maximum Gasteiger partial charge on any atom is 0.257 e. The van der Waals surface area contributed by atoms with Gasteiger partial charge in [-0.3, -0.25) is 9.69 Å². The van der Waals surface area contributed by atoms with Crippen LogP contribution in [0.2, 0.25) is 5.02 Å². The summed E-state index contributed by atoms with van der Waals surface area (Å²) in [5, 5.41) is 31.0. The van der Waals surface area contributed by atoms with Crippen LogP contribution in [0.25, 0.3) is 0 Å². The summed E-state index contributed by atoms with van der Waals surface area (Å²) in [4.78, 5) is 15.8. The molecule has 2 N–H and O–H groups in total. The van der Waals surface area contributed by atoms with E-state index in [4.69, 9.17) is 16.3 Å². The van der Waals surface area contributed by atoms with Crippen LogP contribution in [0.1, 0.15) is 64.9 Å². The predicted octanol–water partition coefficient (Wildman–Crippen LogP) is 5.09. The van der Waals surface area contributed by atoms with E-state index >= 15 is 0 Å². The van der Waals surface area contributed by atoms with Crippen molar-refractivity contribution in [2.75, 3.05) is 13.2 Å². The zero-order valence-electron chi connectivity index (χ0n) is 20.9. The number of carbonyl (C=O) groups is 1. The first kappa shape index (κ1) is 25.4. The van der Waals surface area contributed by atoms with Crippen molar-refractivity contribution in [1.82, 2.24) is 4.90 Å². The molecule has 37 heavy (non-hydrogen) atoms. The predicted molar refractivity (Wildman–Crippen MR) is 140 cm³/mol. The molecule has 6 nitrogen and oxygen atoms in total. The Bertz CT molecular complexity index is 1390. The second-order valence-electron chi connectivity index (χ2n) is 10.6. The summed E-state index contributed by atoms with van der Waals surface area (Å²) in [5.74, 6) is -0.266. The van der Waals surface area contributed by atoms with Gasteiger partial charge in [0, 0.05) is 27.1 Å². The summed E-state index contributed by atoms with van der Waals surface area (Å²) < 4.78 is 6.77. The lowest BCUT2D eigenvalue weighted by Crippen LogP contribution is -2.47. The van der Waals surface area contributed by atoms with E-state index in [9.17, 15) is 20.3 Å². The summed E-state index contributed by atoms with van der Waals surface area (Å²) in [6.45, 7) is 3.73. The maximum absolute atomic E-state index is 14.2. The zero-order valence-corrected chi connectivity index (χ0v) is 21.6. The van der Waals surface area contributed by atoms with Gasteiger partial charge in [0.15, 0.2) is 5.72 Å². The van der Waals surface area contributed by atoms with E-state index in [0.29, 0.717) is 38.4 Å². The van der Waals surface area contributed by atoms with Gasteiger partial charge in [-0.25, -0.2) is 0 Å². The SMILES string of the molecule is CC(C)(O)c1ccc2c(c1)C(=O)N(Cc1ccccc1C#N)[C@@]2(OCC1(CO)CC1)c1ccc(Cl)cc1. The monoisotopic (exact) mass is 516 g/mol. The first-order valence-electron chi connectivity index (χ1n) is 12.3. The lowest BCUT2D eigenvalue weighted by atomic mass is 9.89. The van der Waals surface area contributed by atoms with Crippen LogP contribution >= 0.6 is 11.6 Å². The molecule has 0 radical (unpaired) electrons. The first-order valence-corrected chi connectivity index (χ1v) is 12.7. The van der Waals surface area contributed by atoms with E-state index in [1.54, 1.807) is 49.1 Å². The largest absolute Gasteiger partial charge is 0.396 e. The Hall–Kier alpha value is -3.21. The van der Waals surface area contributed by atoms with Gasteiger partial charge >= 0.3 is 0 Å². The highest BCUT2D eigenvalue weighted by Crippen LogP contribution is 2.51. The number of ether oxygens (including phenoxy) is 1. The maximum atomic E-state index is 14.2.